The number of hydrogen-bond acceptors (Lipinski definition) is 0. The molecule has 1 atom stereocenters. The van der Waals surface area contributed by atoms with E-state index in [-0.39, 0.29) is 5.56 Å². The molecule has 0 aliphatic carbocycles. The highest BCUT2D eigenvalue weighted by Gasteiger charge is 2.38. The zero-order chi connectivity index (χ0) is 10.8. The largest absolute Gasteiger partial charge is 0.405 e. The Morgan fingerprint density at radius 2 is 1.71 bits per heavy atom. The van der Waals surface area contributed by atoms with E-state index in [1.54, 1.807) is 12.1 Å². The van der Waals surface area contributed by atoms with Crippen LogP contribution in [0.3, 0.4) is 0 Å². The number of rotatable bonds is 2. The summed E-state index contributed by atoms with van der Waals surface area (Å²) in [7, 11) is 0. The van der Waals surface area contributed by atoms with Gasteiger partial charge in [0.2, 0.25) is 0 Å². The zero-order valence-electron chi connectivity index (χ0n) is 6.98. The second-order valence-corrected chi connectivity index (χ2v) is 3.96. The smallest absolute Gasteiger partial charge is 0.169 e. The molecule has 0 spiro atoms. The molecule has 0 nitrogen and oxygen atoms in total. The molecule has 0 bridgehead atoms. The fourth-order valence-electron chi connectivity index (χ4n) is 0.965. The van der Waals surface area contributed by atoms with Crippen molar-refractivity contribution in [1.82, 2.24) is 0 Å². The van der Waals surface area contributed by atoms with E-state index in [1.807, 2.05) is 0 Å². The maximum atomic E-state index is 12.2. The topological polar surface area (TPSA) is 0 Å². The first-order valence-electron chi connectivity index (χ1n) is 3.80. The molecule has 0 aromatic heterocycles. The number of hydrogen-bond donors (Lipinski definition) is 0. The predicted molar refractivity (Wildman–Crippen MR) is 53.7 cm³/mol. The monoisotopic (exact) mass is 286 g/mol. The summed E-state index contributed by atoms with van der Waals surface area (Å²) in [6.45, 7) is 0. The summed E-state index contributed by atoms with van der Waals surface area (Å²) < 4.78 is 36.7. The molecule has 0 fully saturated rings. The molecule has 0 amide bonds. The molecule has 0 radical (unpaired) electrons. The Labute approximate surface area is 93.2 Å². The van der Waals surface area contributed by atoms with Gasteiger partial charge in [-0.05, 0) is 11.1 Å². The van der Waals surface area contributed by atoms with Gasteiger partial charge in [-0.1, -0.05) is 40.2 Å². The summed E-state index contributed by atoms with van der Waals surface area (Å²) >= 11 is 8.11. The second kappa shape index (κ2) is 4.53. The van der Waals surface area contributed by atoms with Gasteiger partial charge in [-0.2, -0.15) is 13.2 Å². The summed E-state index contributed by atoms with van der Waals surface area (Å²) in [6.07, 6.45) is -4.26. The van der Waals surface area contributed by atoms with Gasteiger partial charge in [-0.3, -0.25) is 0 Å². The SMILES string of the molecule is FC(F)(F)C(Br)c1ccc(CCl)cc1. The normalized spacial score (nSPS) is 14.1. The minimum atomic E-state index is -4.26. The Morgan fingerprint density at radius 3 is 2.07 bits per heavy atom. The van der Waals surface area contributed by atoms with E-state index < -0.39 is 11.0 Å². The van der Waals surface area contributed by atoms with Crippen molar-refractivity contribution in [3.8, 4) is 0 Å². The number of alkyl halides is 5. The maximum absolute atomic E-state index is 12.2. The Bertz CT molecular complexity index is 294. The van der Waals surface area contributed by atoms with Crippen LogP contribution in [0.5, 0.6) is 0 Å². The average molecular weight is 288 g/mol. The zero-order valence-corrected chi connectivity index (χ0v) is 9.33. The third-order valence-corrected chi connectivity index (χ3v) is 3.07. The first-order chi connectivity index (χ1) is 6.45. The molecule has 0 N–H and O–H groups in total. The third kappa shape index (κ3) is 2.89. The highest BCUT2D eigenvalue weighted by molar-refractivity contribution is 9.09. The van der Waals surface area contributed by atoms with Crippen LogP contribution in [-0.2, 0) is 5.88 Å². The molecule has 0 aliphatic rings. The molecule has 0 saturated heterocycles. The summed E-state index contributed by atoms with van der Waals surface area (Å²) in [5.41, 5.74) is 0.989. The van der Waals surface area contributed by atoms with Crippen LogP contribution in [0.4, 0.5) is 13.2 Å². The van der Waals surface area contributed by atoms with E-state index in [2.05, 4.69) is 15.9 Å². The molecule has 5 heteroatoms. The van der Waals surface area contributed by atoms with Gasteiger partial charge in [0.25, 0.3) is 0 Å². The highest BCUT2D eigenvalue weighted by atomic mass is 79.9. The van der Waals surface area contributed by atoms with Gasteiger partial charge in [0.05, 0.1) is 0 Å². The summed E-state index contributed by atoms with van der Waals surface area (Å²) in [4.78, 5) is -1.61. The molecular formula is C9H7BrClF3. The van der Waals surface area contributed by atoms with Gasteiger partial charge in [-0.25, -0.2) is 0 Å². The van der Waals surface area contributed by atoms with Crippen molar-refractivity contribution in [1.29, 1.82) is 0 Å². The summed E-state index contributed by atoms with van der Waals surface area (Å²) in [5, 5.41) is 0. The Balaban J connectivity index is 2.87. The van der Waals surface area contributed by atoms with Crippen molar-refractivity contribution >= 4 is 27.5 Å². The quantitative estimate of drug-likeness (QED) is 0.706. The molecule has 0 heterocycles. The van der Waals surface area contributed by atoms with Crippen molar-refractivity contribution in [3.05, 3.63) is 35.4 Å². The van der Waals surface area contributed by atoms with Crippen LogP contribution in [-0.4, -0.2) is 6.18 Å². The van der Waals surface area contributed by atoms with Gasteiger partial charge in [0, 0.05) is 5.88 Å². The molecule has 1 aromatic carbocycles. The van der Waals surface area contributed by atoms with Crippen molar-refractivity contribution in [3.63, 3.8) is 0 Å². The molecule has 0 saturated carbocycles. The predicted octanol–water partition coefficient (Wildman–Crippen LogP) is 4.42. The fourth-order valence-corrected chi connectivity index (χ4v) is 1.45. The van der Waals surface area contributed by atoms with Crippen molar-refractivity contribution < 1.29 is 13.2 Å². The third-order valence-electron chi connectivity index (χ3n) is 1.71. The molecule has 0 aliphatic heterocycles. The van der Waals surface area contributed by atoms with Crippen molar-refractivity contribution in [2.24, 2.45) is 0 Å². The van der Waals surface area contributed by atoms with Gasteiger partial charge in [-0.15, -0.1) is 11.6 Å². The lowest BCUT2D eigenvalue weighted by Gasteiger charge is -2.14. The molecule has 1 unspecified atom stereocenters. The summed E-state index contributed by atoms with van der Waals surface area (Å²) in [5.74, 6) is 0.305. The first kappa shape index (κ1) is 11.9. The van der Waals surface area contributed by atoms with E-state index in [9.17, 15) is 13.2 Å². The van der Waals surface area contributed by atoms with Crippen LogP contribution < -0.4 is 0 Å². The number of halogens is 5. The Hall–Kier alpha value is -0.220. The maximum Gasteiger partial charge on any atom is 0.405 e. The molecule has 78 valence electrons. The molecule has 1 rings (SSSR count). The van der Waals surface area contributed by atoms with Crippen LogP contribution >= 0.6 is 27.5 Å². The molecular weight excluding hydrogens is 280 g/mol. The van der Waals surface area contributed by atoms with Gasteiger partial charge in [0.15, 0.2) is 0 Å². The Kier molecular flexibility index (Phi) is 3.84. The van der Waals surface area contributed by atoms with E-state index in [4.69, 9.17) is 11.6 Å². The van der Waals surface area contributed by atoms with Crippen molar-refractivity contribution in [2.45, 2.75) is 16.9 Å². The van der Waals surface area contributed by atoms with Gasteiger partial charge < -0.3 is 0 Å². The van der Waals surface area contributed by atoms with E-state index in [1.165, 1.54) is 12.1 Å². The molecule has 1 aromatic rings. The van der Waals surface area contributed by atoms with Crippen LogP contribution in [0.1, 0.15) is 16.0 Å². The lowest BCUT2D eigenvalue weighted by Crippen LogP contribution is -2.15. The van der Waals surface area contributed by atoms with Crippen LogP contribution in [0.25, 0.3) is 0 Å². The van der Waals surface area contributed by atoms with Crippen molar-refractivity contribution in [2.75, 3.05) is 0 Å². The highest BCUT2D eigenvalue weighted by Crippen LogP contribution is 2.39. The second-order valence-electron chi connectivity index (χ2n) is 2.78. The molecule has 14 heavy (non-hydrogen) atoms. The average Bonchev–Trinajstić information content (AvgIpc) is 2.15. The minimum Gasteiger partial charge on any atom is -0.169 e. The fraction of sp³-hybridized carbons (Fsp3) is 0.333. The Morgan fingerprint density at radius 1 is 1.21 bits per heavy atom. The standard InChI is InChI=1S/C9H7BrClF3/c10-8(9(12,13)14)7-3-1-6(5-11)2-4-7/h1-4,8H,5H2. The van der Waals surface area contributed by atoms with E-state index in [0.717, 1.165) is 5.56 Å². The minimum absolute atomic E-state index is 0.186. The van der Waals surface area contributed by atoms with Crippen LogP contribution in [0.2, 0.25) is 0 Å². The lowest BCUT2D eigenvalue weighted by atomic mass is 10.1. The van der Waals surface area contributed by atoms with Gasteiger partial charge >= 0.3 is 6.18 Å². The van der Waals surface area contributed by atoms with Crippen LogP contribution in [0, 0.1) is 0 Å². The van der Waals surface area contributed by atoms with E-state index >= 15 is 0 Å². The first-order valence-corrected chi connectivity index (χ1v) is 5.25. The summed E-state index contributed by atoms with van der Waals surface area (Å²) in [6, 6.07) is 6.01. The van der Waals surface area contributed by atoms with E-state index in [0.29, 0.717) is 5.88 Å². The van der Waals surface area contributed by atoms with Crippen LogP contribution in [0.15, 0.2) is 24.3 Å². The van der Waals surface area contributed by atoms with Gasteiger partial charge in [0.1, 0.15) is 4.83 Å². The lowest BCUT2D eigenvalue weighted by molar-refractivity contribution is -0.128. The number of benzene rings is 1.